The number of aryl methyl sites for hydroxylation is 1. The van der Waals surface area contributed by atoms with Crippen molar-refractivity contribution in [3.8, 4) is 23.1 Å². The van der Waals surface area contributed by atoms with Crippen LogP contribution in [0.15, 0.2) is 42.5 Å². The molecule has 0 aliphatic rings. The minimum absolute atomic E-state index is 0.0112. The smallest absolute Gasteiger partial charge is 0.250 e. The van der Waals surface area contributed by atoms with Gasteiger partial charge in [-0.15, -0.1) is 0 Å². The van der Waals surface area contributed by atoms with Gasteiger partial charge in [-0.2, -0.15) is 5.26 Å². The van der Waals surface area contributed by atoms with Crippen molar-refractivity contribution in [3.05, 3.63) is 48.0 Å². The average molecular weight is 363 g/mol. The van der Waals surface area contributed by atoms with Crippen molar-refractivity contribution < 1.29 is 14.3 Å². The number of methoxy groups -OCH3 is 2. The zero-order chi connectivity index (χ0) is 19.4. The van der Waals surface area contributed by atoms with Gasteiger partial charge in [0.1, 0.15) is 18.4 Å². The average Bonchev–Trinajstić information content (AvgIpc) is 3.00. The molecule has 0 fully saturated rings. The number of carbonyl (C=O) groups is 1. The van der Waals surface area contributed by atoms with E-state index in [2.05, 4.69) is 16.0 Å². The number of amides is 1. The van der Waals surface area contributed by atoms with Crippen LogP contribution in [0, 0.1) is 11.3 Å². The van der Waals surface area contributed by atoms with E-state index < -0.39 is 0 Å². The summed E-state index contributed by atoms with van der Waals surface area (Å²) in [5.74, 6) is 0.516. The number of anilines is 1. The molecule has 1 amide bonds. The molecule has 0 saturated heterocycles. The van der Waals surface area contributed by atoms with Crippen LogP contribution in [0.5, 0.6) is 5.75 Å². The summed E-state index contributed by atoms with van der Waals surface area (Å²) in [6.07, 6.45) is 0. The molecule has 1 N–H and O–H groups in total. The first kappa shape index (κ1) is 18.5. The molecule has 2 aromatic carbocycles. The molecule has 6 nitrogen and oxygen atoms in total. The molecule has 0 aliphatic heterocycles. The first-order chi connectivity index (χ1) is 13.1. The largest absolute Gasteiger partial charge is 0.497 e. The number of nitriles is 1. The Morgan fingerprint density at radius 1 is 1.22 bits per heavy atom. The van der Waals surface area contributed by atoms with Crippen molar-refractivity contribution >= 4 is 22.5 Å². The SMILES string of the molecule is CCn1c(-c2cccc(NC(=O)COC)c2)c(C#N)c2ccc(OC)cc21. The molecule has 1 heterocycles. The van der Waals surface area contributed by atoms with Crippen molar-refractivity contribution in [1.29, 1.82) is 5.26 Å². The Morgan fingerprint density at radius 3 is 2.70 bits per heavy atom. The van der Waals surface area contributed by atoms with Crippen LogP contribution in [-0.4, -0.2) is 31.3 Å². The van der Waals surface area contributed by atoms with Crippen LogP contribution in [0.1, 0.15) is 12.5 Å². The third-order valence-electron chi connectivity index (χ3n) is 4.39. The molecule has 0 radical (unpaired) electrons. The lowest BCUT2D eigenvalue weighted by Gasteiger charge is -2.11. The van der Waals surface area contributed by atoms with E-state index in [1.165, 1.54) is 7.11 Å². The van der Waals surface area contributed by atoms with Crippen LogP contribution >= 0.6 is 0 Å². The van der Waals surface area contributed by atoms with Crippen molar-refractivity contribution in [3.63, 3.8) is 0 Å². The lowest BCUT2D eigenvalue weighted by atomic mass is 10.1. The quantitative estimate of drug-likeness (QED) is 0.723. The number of hydrogen-bond donors (Lipinski definition) is 1. The number of nitrogens with zero attached hydrogens (tertiary/aromatic N) is 2. The Labute approximate surface area is 157 Å². The topological polar surface area (TPSA) is 76.3 Å². The molecule has 0 saturated carbocycles. The Morgan fingerprint density at radius 2 is 2.04 bits per heavy atom. The summed E-state index contributed by atoms with van der Waals surface area (Å²) >= 11 is 0. The van der Waals surface area contributed by atoms with Crippen molar-refractivity contribution in [1.82, 2.24) is 4.57 Å². The first-order valence-corrected chi connectivity index (χ1v) is 8.62. The highest BCUT2D eigenvalue weighted by Gasteiger charge is 2.19. The number of carbonyl (C=O) groups excluding carboxylic acids is 1. The highest BCUT2D eigenvalue weighted by Crippen LogP contribution is 2.36. The molecule has 0 atom stereocenters. The molecular weight excluding hydrogens is 342 g/mol. The van der Waals surface area contributed by atoms with Crippen LogP contribution in [0.25, 0.3) is 22.2 Å². The van der Waals surface area contributed by atoms with Crippen molar-refractivity contribution in [2.75, 3.05) is 26.1 Å². The first-order valence-electron chi connectivity index (χ1n) is 8.62. The molecule has 138 valence electrons. The van der Waals surface area contributed by atoms with E-state index in [4.69, 9.17) is 9.47 Å². The molecular formula is C21H21N3O3. The zero-order valence-electron chi connectivity index (χ0n) is 15.6. The fraction of sp³-hybridized carbons (Fsp3) is 0.238. The van der Waals surface area contributed by atoms with Crippen LogP contribution in [-0.2, 0) is 16.1 Å². The second-order valence-electron chi connectivity index (χ2n) is 6.02. The molecule has 1 aromatic heterocycles. The third-order valence-corrected chi connectivity index (χ3v) is 4.39. The molecule has 3 rings (SSSR count). The number of aromatic nitrogens is 1. The van der Waals surface area contributed by atoms with Gasteiger partial charge in [-0.05, 0) is 31.2 Å². The minimum Gasteiger partial charge on any atom is -0.497 e. The van der Waals surface area contributed by atoms with E-state index in [-0.39, 0.29) is 12.5 Å². The summed E-state index contributed by atoms with van der Waals surface area (Å²) in [5.41, 5.74) is 3.89. The molecule has 0 aliphatic carbocycles. The van der Waals surface area contributed by atoms with Gasteiger partial charge in [-0.25, -0.2) is 0 Å². The van der Waals surface area contributed by atoms with Gasteiger partial charge in [-0.3, -0.25) is 4.79 Å². The van der Waals surface area contributed by atoms with E-state index in [9.17, 15) is 10.1 Å². The maximum atomic E-state index is 11.8. The van der Waals surface area contributed by atoms with Gasteiger partial charge < -0.3 is 19.4 Å². The maximum absolute atomic E-state index is 11.8. The van der Waals surface area contributed by atoms with E-state index >= 15 is 0 Å². The van der Waals surface area contributed by atoms with Crippen molar-refractivity contribution in [2.24, 2.45) is 0 Å². The highest BCUT2D eigenvalue weighted by molar-refractivity contribution is 5.96. The van der Waals surface area contributed by atoms with E-state index in [0.29, 0.717) is 17.8 Å². The number of ether oxygens (including phenoxy) is 2. The number of hydrogen-bond acceptors (Lipinski definition) is 4. The van der Waals surface area contributed by atoms with Gasteiger partial charge in [-0.1, -0.05) is 12.1 Å². The molecule has 3 aromatic rings. The second kappa shape index (κ2) is 7.94. The molecule has 0 unspecified atom stereocenters. The Hall–Kier alpha value is -3.30. The number of fused-ring (bicyclic) bond motifs is 1. The molecule has 0 bridgehead atoms. The number of benzene rings is 2. The summed E-state index contributed by atoms with van der Waals surface area (Å²) in [6, 6.07) is 15.5. The summed E-state index contributed by atoms with van der Waals surface area (Å²) in [4.78, 5) is 11.8. The van der Waals surface area contributed by atoms with E-state index in [1.54, 1.807) is 7.11 Å². The fourth-order valence-electron chi connectivity index (χ4n) is 3.27. The van der Waals surface area contributed by atoms with Crippen LogP contribution in [0.4, 0.5) is 5.69 Å². The Kier molecular flexibility index (Phi) is 5.43. The number of rotatable bonds is 6. The summed E-state index contributed by atoms with van der Waals surface area (Å²) in [7, 11) is 3.10. The van der Waals surface area contributed by atoms with E-state index in [0.717, 1.165) is 27.9 Å². The van der Waals surface area contributed by atoms with Crippen LogP contribution < -0.4 is 10.1 Å². The van der Waals surface area contributed by atoms with Crippen LogP contribution in [0.3, 0.4) is 0 Å². The van der Waals surface area contributed by atoms with Gasteiger partial charge in [0, 0.05) is 36.4 Å². The number of nitrogens with one attached hydrogen (secondary N) is 1. The predicted octanol–water partition coefficient (Wildman–Crippen LogP) is 3.79. The normalized spacial score (nSPS) is 10.6. The minimum atomic E-state index is -0.226. The van der Waals surface area contributed by atoms with Gasteiger partial charge in [0.25, 0.3) is 0 Å². The third kappa shape index (κ3) is 3.50. The fourth-order valence-corrected chi connectivity index (χ4v) is 3.27. The molecule has 0 spiro atoms. The monoisotopic (exact) mass is 363 g/mol. The molecule has 27 heavy (non-hydrogen) atoms. The Bertz CT molecular complexity index is 1030. The lowest BCUT2D eigenvalue weighted by molar-refractivity contribution is -0.119. The summed E-state index contributed by atoms with van der Waals surface area (Å²) in [5, 5.41) is 13.5. The van der Waals surface area contributed by atoms with Crippen LogP contribution in [0.2, 0.25) is 0 Å². The standard InChI is InChI=1S/C21H21N3O3/c1-4-24-19-11-16(27-3)8-9-17(19)18(12-22)21(24)14-6-5-7-15(10-14)23-20(25)13-26-2/h5-11H,4,13H2,1-3H3,(H,23,25). The lowest BCUT2D eigenvalue weighted by Crippen LogP contribution is -2.17. The molecule has 6 heteroatoms. The van der Waals surface area contributed by atoms with E-state index in [1.807, 2.05) is 49.4 Å². The summed E-state index contributed by atoms with van der Waals surface area (Å²) < 4.78 is 12.3. The van der Waals surface area contributed by atoms with Gasteiger partial charge in [0.05, 0.1) is 23.9 Å². The summed E-state index contributed by atoms with van der Waals surface area (Å²) in [6.45, 7) is 2.72. The zero-order valence-corrected chi connectivity index (χ0v) is 15.6. The predicted molar refractivity (Wildman–Crippen MR) is 105 cm³/mol. The van der Waals surface area contributed by atoms with Crippen molar-refractivity contribution in [2.45, 2.75) is 13.5 Å². The highest BCUT2D eigenvalue weighted by atomic mass is 16.5. The Balaban J connectivity index is 2.16. The van der Waals surface area contributed by atoms with Gasteiger partial charge in [0.15, 0.2) is 0 Å². The maximum Gasteiger partial charge on any atom is 0.250 e. The van der Waals surface area contributed by atoms with Gasteiger partial charge >= 0.3 is 0 Å². The second-order valence-corrected chi connectivity index (χ2v) is 6.02. The van der Waals surface area contributed by atoms with Gasteiger partial charge in [0.2, 0.25) is 5.91 Å².